The van der Waals surface area contributed by atoms with E-state index < -0.39 is 0 Å². The molecule has 4 nitrogen and oxygen atoms in total. The molecule has 0 bridgehead atoms. The first-order valence-electron chi connectivity index (χ1n) is 9.04. The van der Waals surface area contributed by atoms with Crippen LogP contribution in [-0.4, -0.2) is 31.6 Å². The van der Waals surface area contributed by atoms with Gasteiger partial charge in [0, 0.05) is 25.9 Å². The molecule has 1 spiro atoms. The summed E-state index contributed by atoms with van der Waals surface area (Å²) in [7, 11) is 0. The van der Waals surface area contributed by atoms with Crippen LogP contribution in [0.2, 0.25) is 0 Å². The Hall–Kier alpha value is -1.10. The number of hydrogen-bond acceptors (Lipinski definition) is 4. The quantitative estimate of drug-likeness (QED) is 0.833. The van der Waals surface area contributed by atoms with Crippen molar-refractivity contribution in [3.8, 4) is 5.75 Å². The zero-order valence-corrected chi connectivity index (χ0v) is 14.2. The monoisotopic (exact) mass is 319 g/mol. The van der Waals surface area contributed by atoms with Crippen molar-refractivity contribution in [1.82, 2.24) is 5.32 Å². The highest BCUT2D eigenvalue weighted by atomic mass is 16.7. The Morgan fingerprint density at radius 1 is 1.17 bits per heavy atom. The maximum atomic E-state index is 6.19. The molecule has 3 rings (SSSR count). The second-order valence-electron chi connectivity index (χ2n) is 6.65. The van der Waals surface area contributed by atoms with Crippen molar-refractivity contribution >= 4 is 0 Å². The molecular formula is C19H29NO3. The summed E-state index contributed by atoms with van der Waals surface area (Å²) in [6.07, 6.45) is 7.11. The van der Waals surface area contributed by atoms with Gasteiger partial charge >= 0.3 is 0 Å². The zero-order valence-electron chi connectivity index (χ0n) is 14.2. The highest BCUT2D eigenvalue weighted by molar-refractivity contribution is 5.27. The van der Waals surface area contributed by atoms with Gasteiger partial charge in [0.25, 0.3) is 0 Å². The first kappa shape index (κ1) is 16.7. The highest BCUT2D eigenvalue weighted by Crippen LogP contribution is 2.37. The van der Waals surface area contributed by atoms with Crippen LogP contribution in [0.4, 0.5) is 0 Å². The summed E-state index contributed by atoms with van der Waals surface area (Å²) in [5.41, 5.74) is 1.26. The summed E-state index contributed by atoms with van der Waals surface area (Å²) in [6, 6.07) is 8.32. The first-order chi connectivity index (χ1) is 11.3. The Balaban J connectivity index is 1.38. The van der Waals surface area contributed by atoms with Gasteiger partial charge in [-0.3, -0.25) is 0 Å². The van der Waals surface area contributed by atoms with Crippen LogP contribution in [0.1, 0.15) is 51.0 Å². The maximum Gasteiger partial charge on any atom is 0.168 e. The van der Waals surface area contributed by atoms with Gasteiger partial charge in [0.2, 0.25) is 0 Å². The smallest absolute Gasteiger partial charge is 0.168 e. The molecule has 1 N–H and O–H groups in total. The third-order valence-electron chi connectivity index (χ3n) is 4.63. The number of ether oxygens (including phenoxy) is 3. The second kappa shape index (κ2) is 8.13. The summed E-state index contributed by atoms with van der Waals surface area (Å²) in [4.78, 5) is 0. The minimum absolute atomic E-state index is 0.181. The minimum atomic E-state index is -0.261. The first-order valence-corrected chi connectivity index (χ1v) is 9.04. The van der Waals surface area contributed by atoms with E-state index in [1.807, 2.05) is 12.1 Å². The predicted octanol–water partition coefficient (Wildman–Crippen LogP) is 3.64. The summed E-state index contributed by atoms with van der Waals surface area (Å²) >= 11 is 0. The lowest BCUT2D eigenvalue weighted by Gasteiger charge is -2.31. The van der Waals surface area contributed by atoms with Crippen LogP contribution in [0, 0.1) is 0 Å². The average Bonchev–Trinajstić information content (AvgIpc) is 2.97. The lowest BCUT2D eigenvalue weighted by atomic mass is 9.94. The van der Waals surface area contributed by atoms with E-state index in [-0.39, 0.29) is 11.9 Å². The number of benzene rings is 1. The fourth-order valence-corrected chi connectivity index (χ4v) is 3.37. The maximum absolute atomic E-state index is 6.19. The van der Waals surface area contributed by atoms with Crippen molar-refractivity contribution in [3.63, 3.8) is 0 Å². The van der Waals surface area contributed by atoms with Gasteiger partial charge in [-0.2, -0.15) is 0 Å². The van der Waals surface area contributed by atoms with Gasteiger partial charge in [-0.25, -0.2) is 0 Å². The highest BCUT2D eigenvalue weighted by Gasteiger charge is 2.41. The normalized spacial score (nSPS) is 23.3. The summed E-state index contributed by atoms with van der Waals surface area (Å²) in [5, 5.41) is 3.48. The van der Waals surface area contributed by atoms with E-state index >= 15 is 0 Å². The van der Waals surface area contributed by atoms with Crippen molar-refractivity contribution in [2.45, 2.75) is 63.9 Å². The Bertz CT molecular complexity index is 468. The van der Waals surface area contributed by atoms with E-state index in [2.05, 4.69) is 24.4 Å². The molecule has 1 aromatic rings. The number of hydrogen-bond donors (Lipinski definition) is 1. The topological polar surface area (TPSA) is 39.7 Å². The van der Waals surface area contributed by atoms with Crippen LogP contribution in [-0.2, 0) is 16.0 Å². The van der Waals surface area contributed by atoms with Crippen molar-refractivity contribution < 1.29 is 14.2 Å². The molecular weight excluding hydrogens is 290 g/mol. The van der Waals surface area contributed by atoms with Gasteiger partial charge in [0.1, 0.15) is 5.75 Å². The Labute approximate surface area is 139 Å². The van der Waals surface area contributed by atoms with E-state index in [0.717, 1.165) is 51.3 Å². The SMILES string of the molecule is CCCOc1ccc(CNCC2COC3(CCCCC3)O2)cc1. The fourth-order valence-electron chi connectivity index (χ4n) is 3.37. The molecule has 0 aromatic heterocycles. The van der Waals surface area contributed by atoms with Crippen LogP contribution in [0.15, 0.2) is 24.3 Å². The molecule has 1 aliphatic heterocycles. The molecule has 1 atom stereocenters. The van der Waals surface area contributed by atoms with Crippen LogP contribution in [0.25, 0.3) is 0 Å². The van der Waals surface area contributed by atoms with Crippen LogP contribution in [0.5, 0.6) is 5.75 Å². The number of rotatable bonds is 7. The Morgan fingerprint density at radius 3 is 2.70 bits per heavy atom. The molecule has 1 unspecified atom stereocenters. The number of nitrogens with one attached hydrogen (secondary N) is 1. The van der Waals surface area contributed by atoms with E-state index in [1.165, 1.54) is 24.8 Å². The minimum Gasteiger partial charge on any atom is -0.494 e. The zero-order chi connectivity index (χ0) is 16.0. The van der Waals surface area contributed by atoms with E-state index in [9.17, 15) is 0 Å². The molecule has 1 heterocycles. The Kier molecular flexibility index (Phi) is 5.92. The standard InChI is InChI=1S/C19H29NO3/c1-2-12-21-17-8-6-16(7-9-17)13-20-14-18-15-22-19(23-18)10-4-3-5-11-19/h6-9,18,20H,2-5,10-15H2,1H3. The molecule has 1 saturated heterocycles. The predicted molar refractivity (Wildman–Crippen MR) is 90.6 cm³/mol. The molecule has 0 amide bonds. The van der Waals surface area contributed by atoms with Crippen LogP contribution in [0.3, 0.4) is 0 Å². The fraction of sp³-hybridized carbons (Fsp3) is 0.684. The molecule has 1 saturated carbocycles. The molecule has 4 heteroatoms. The van der Waals surface area contributed by atoms with Gasteiger partial charge in [-0.1, -0.05) is 25.5 Å². The molecule has 0 radical (unpaired) electrons. The van der Waals surface area contributed by atoms with E-state index in [0.29, 0.717) is 0 Å². The Morgan fingerprint density at radius 2 is 1.96 bits per heavy atom. The molecule has 2 aliphatic rings. The van der Waals surface area contributed by atoms with Gasteiger partial charge < -0.3 is 19.5 Å². The molecule has 2 fully saturated rings. The lowest BCUT2D eigenvalue weighted by molar-refractivity contribution is -0.186. The van der Waals surface area contributed by atoms with Crippen molar-refractivity contribution in [2.24, 2.45) is 0 Å². The van der Waals surface area contributed by atoms with E-state index in [4.69, 9.17) is 14.2 Å². The van der Waals surface area contributed by atoms with Crippen molar-refractivity contribution in [2.75, 3.05) is 19.8 Å². The van der Waals surface area contributed by atoms with Crippen molar-refractivity contribution in [3.05, 3.63) is 29.8 Å². The molecule has 128 valence electrons. The van der Waals surface area contributed by atoms with Crippen LogP contribution >= 0.6 is 0 Å². The summed E-state index contributed by atoms with van der Waals surface area (Å²) in [5.74, 6) is 0.686. The largest absolute Gasteiger partial charge is 0.494 e. The van der Waals surface area contributed by atoms with Crippen LogP contribution < -0.4 is 10.1 Å². The average molecular weight is 319 g/mol. The summed E-state index contributed by atoms with van der Waals surface area (Å²) < 4.78 is 17.8. The van der Waals surface area contributed by atoms with Gasteiger partial charge in [-0.15, -0.1) is 0 Å². The lowest BCUT2D eigenvalue weighted by Crippen LogP contribution is -2.35. The third-order valence-corrected chi connectivity index (χ3v) is 4.63. The second-order valence-corrected chi connectivity index (χ2v) is 6.65. The molecule has 1 aromatic carbocycles. The third kappa shape index (κ3) is 4.69. The van der Waals surface area contributed by atoms with Gasteiger partial charge in [-0.05, 0) is 37.0 Å². The summed E-state index contributed by atoms with van der Waals surface area (Å²) in [6.45, 7) is 5.30. The molecule has 23 heavy (non-hydrogen) atoms. The van der Waals surface area contributed by atoms with Gasteiger partial charge in [0.05, 0.1) is 19.3 Å². The van der Waals surface area contributed by atoms with Gasteiger partial charge in [0.15, 0.2) is 5.79 Å². The molecule has 1 aliphatic carbocycles. The van der Waals surface area contributed by atoms with E-state index in [1.54, 1.807) is 0 Å². The van der Waals surface area contributed by atoms with Crippen molar-refractivity contribution in [1.29, 1.82) is 0 Å².